The number of hydrogen-bond acceptors (Lipinski definition) is 8. The molecule has 23 heavy (non-hydrogen) atoms. The van der Waals surface area contributed by atoms with Gasteiger partial charge in [-0.3, -0.25) is 4.79 Å². The molecule has 5 atom stereocenters. The Morgan fingerprint density at radius 1 is 1.26 bits per heavy atom. The molecule has 5 unspecified atom stereocenters. The van der Waals surface area contributed by atoms with E-state index in [1.54, 1.807) is 18.2 Å². The molecular weight excluding hydrogens is 308 g/mol. The zero-order chi connectivity index (χ0) is 17.0. The molecule has 9 nitrogen and oxygen atoms in total. The molecule has 128 valence electrons. The molecule has 0 spiro atoms. The lowest BCUT2D eigenvalue weighted by molar-refractivity contribution is -0.277. The van der Waals surface area contributed by atoms with Crippen LogP contribution in [0.25, 0.3) is 0 Å². The van der Waals surface area contributed by atoms with Crippen LogP contribution in [0.1, 0.15) is 0 Å². The van der Waals surface area contributed by atoms with Gasteiger partial charge in [0.05, 0.1) is 13.2 Å². The van der Waals surface area contributed by atoms with Crippen LogP contribution in [-0.4, -0.2) is 70.2 Å². The average Bonchev–Trinajstić information content (AvgIpc) is 2.55. The van der Waals surface area contributed by atoms with Gasteiger partial charge in [0.2, 0.25) is 12.2 Å². The minimum atomic E-state index is -1.52. The van der Waals surface area contributed by atoms with Crippen molar-refractivity contribution in [3.05, 3.63) is 24.3 Å². The van der Waals surface area contributed by atoms with E-state index in [4.69, 9.17) is 20.3 Å². The van der Waals surface area contributed by atoms with Gasteiger partial charge in [-0.15, -0.1) is 0 Å². The fraction of sp³-hybridized carbons (Fsp3) is 0.500. The number of aliphatic hydroxyl groups excluding tert-OH is 4. The van der Waals surface area contributed by atoms with Gasteiger partial charge in [-0.2, -0.15) is 0 Å². The quantitative estimate of drug-likeness (QED) is 0.355. The minimum Gasteiger partial charge on any atom is -0.462 e. The number of hydrogen-bond donors (Lipinski definition) is 6. The summed E-state index contributed by atoms with van der Waals surface area (Å²) in [6.07, 6.45) is -6.82. The van der Waals surface area contributed by atoms with Gasteiger partial charge in [0, 0.05) is 11.8 Å². The summed E-state index contributed by atoms with van der Waals surface area (Å²) >= 11 is 0. The molecule has 1 amide bonds. The summed E-state index contributed by atoms with van der Waals surface area (Å²) < 4.78 is 10.7. The smallest absolute Gasteiger partial charge is 0.238 e. The van der Waals surface area contributed by atoms with Crippen molar-refractivity contribution in [2.45, 2.75) is 30.7 Å². The van der Waals surface area contributed by atoms with E-state index in [2.05, 4.69) is 5.32 Å². The van der Waals surface area contributed by atoms with Crippen molar-refractivity contribution in [2.75, 3.05) is 18.5 Å². The summed E-state index contributed by atoms with van der Waals surface area (Å²) in [6, 6.07) is 6.26. The summed E-state index contributed by atoms with van der Waals surface area (Å²) in [5, 5.41) is 41.0. The third-order valence-electron chi connectivity index (χ3n) is 3.40. The van der Waals surface area contributed by atoms with Gasteiger partial charge in [-0.1, -0.05) is 6.07 Å². The van der Waals surface area contributed by atoms with E-state index in [0.717, 1.165) is 0 Å². The monoisotopic (exact) mass is 328 g/mol. The van der Waals surface area contributed by atoms with E-state index in [1.165, 1.54) is 6.07 Å². The zero-order valence-corrected chi connectivity index (χ0v) is 12.2. The standard InChI is InChI=1S/C14H20N2O7/c15-5-10(18)16-7-2-1-3-8(4-7)22-14-13(21)12(20)11(19)9(6-17)23-14/h1-4,9,11-14,17,19-21H,5-6,15H2,(H,16,18). The molecule has 1 aromatic carbocycles. The summed E-state index contributed by atoms with van der Waals surface area (Å²) in [5.41, 5.74) is 5.65. The Labute approximate surface area is 132 Å². The van der Waals surface area contributed by atoms with Crippen LogP contribution in [-0.2, 0) is 9.53 Å². The average molecular weight is 328 g/mol. The number of aliphatic hydroxyl groups is 4. The summed E-state index contributed by atoms with van der Waals surface area (Å²) in [6.45, 7) is -0.713. The van der Waals surface area contributed by atoms with Crippen LogP contribution >= 0.6 is 0 Å². The van der Waals surface area contributed by atoms with Crippen LogP contribution in [0.4, 0.5) is 5.69 Å². The fourth-order valence-electron chi connectivity index (χ4n) is 2.16. The van der Waals surface area contributed by atoms with Gasteiger partial charge in [-0.05, 0) is 12.1 Å². The molecule has 1 aromatic rings. The van der Waals surface area contributed by atoms with Crippen LogP contribution in [0.3, 0.4) is 0 Å². The van der Waals surface area contributed by atoms with Crippen molar-refractivity contribution in [1.29, 1.82) is 0 Å². The number of carbonyl (C=O) groups excluding carboxylic acids is 1. The Bertz CT molecular complexity index is 540. The minimum absolute atomic E-state index is 0.169. The molecule has 9 heteroatoms. The molecule has 0 aromatic heterocycles. The van der Waals surface area contributed by atoms with Gasteiger partial charge in [0.25, 0.3) is 0 Å². The molecule has 0 saturated carbocycles. The lowest BCUT2D eigenvalue weighted by Gasteiger charge is -2.39. The van der Waals surface area contributed by atoms with Gasteiger partial charge >= 0.3 is 0 Å². The van der Waals surface area contributed by atoms with E-state index in [1.807, 2.05) is 0 Å². The van der Waals surface area contributed by atoms with E-state index in [-0.39, 0.29) is 18.2 Å². The first kappa shape index (κ1) is 17.6. The fourth-order valence-corrected chi connectivity index (χ4v) is 2.16. The van der Waals surface area contributed by atoms with Crippen molar-refractivity contribution in [2.24, 2.45) is 5.73 Å². The second-order valence-electron chi connectivity index (χ2n) is 5.10. The summed E-state index contributed by atoms with van der Waals surface area (Å²) in [7, 11) is 0. The number of nitrogens with one attached hydrogen (secondary N) is 1. The summed E-state index contributed by atoms with van der Waals surface area (Å²) in [5.74, 6) is -0.126. The molecule has 0 aliphatic carbocycles. The number of amides is 1. The third-order valence-corrected chi connectivity index (χ3v) is 3.40. The molecular formula is C14H20N2O7. The molecule has 2 rings (SSSR count). The zero-order valence-electron chi connectivity index (χ0n) is 12.2. The Kier molecular flexibility index (Phi) is 5.88. The van der Waals surface area contributed by atoms with E-state index in [9.17, 15) is 20.1 Å². The Balaban J connectivity index is 2.08. The second kappa shape index (κ2) is 7.68. The lowest BCUT2D eigenvalue weighted by Crippen LogP contribution is -2.60. The topological polar surface area (TPSA) is 154 Å². The molecule has 7 N–H and O–H groups in total. The van der Waals surface area contributed by atoms with Crippen molar-refractivity contribution in [3.8, 4) is 5.75 Å². The lowest BCUT2D eigenvalue weighted by atomic mass is 9.99. The Morgan fingerprint density at radius 3 is 2.65 bits per heavy atom. The maximum Gasteiger partial charge on any atom is 0.238 e. The van der Waals surface area contributed by atoms with Gasteiger partial charge in [0.15, 0.2) is 0 Å². The van der Waals surface area contributed by atoms with Crippen LogP contribution in [0, 0.1) is 0 Å². The highest BCUT2D eigenvalue weighted by Crippen LogP contribution is 2.25. The van der Waals surface area contributed by atoms with Crippen molar-refractivity contribution in [1.82, 2.24) is 0 Å². The first-order chi connectivity index (χ1) is 11.0. The van der Waals surface area contributed by atoms with Crippen molar-refractivity contribution in [3.63, 3.8) is 0 Å². The molecule has 1 heterocycles. The van der Waals surface area contributed by atoms with Crippen LogP contribution in [0.15, 0.2) is 24.3 Å². The SMILES string of the molecule is NCC(=O)Nc1cccc(OC2OC(CO)C(O)C(O)C2O)c1. The van der Waals surface area contributed by atoms with Gasteiger partial charge in [0.1, 0.15) is 30.2 Å². The number of anilines is 1. The number of benzene rings is 1. The Morgan fingerprint density at radius 2 is 2.00 bits per heavy atom. The van der Waals surface area contributed by atoms with Crippen molar-refractivity contribution >= 4 is 11.6 Å². The van der Waals surface area contributed by atoms with E-state index >= 15 is 0 Å². The number of ether oxygens (including phenoxy) is 2. The normalized spacial score (nSPS) is 30.7. The largest absolute Gasteiger partial charge is 0.462 e. The number of nitrogens with two attached hydrogens (primary N) is 1. The van der Waals surface area contributed by atoms with Crippen molar-refractivity contribution < 1.29 is 34.7 Å². The maximum absolute atomic E-state index is 11.3. The highest BCUT2D eigenvalue weighted by molar-refractivity contribution is 5.92. The van der Waals surface area contributed by atoms with Gasteiger partial charge in [-0.25, -0.2) is 0 Å². The second-order valence-corrected chi connectivity index (χ2v) is 5.10. The predicted octanol–water partition coefficient (Wildman–Crippen LogP) is -2.24. The number of rotatable bonds is 5. The van der Waals surface area contributed by atoms with Crippen LogP contribution in [0.2, 0.25) is 0 Å². The first-order valence-electron chi connectivity index (χ1n) is 7.03. The highest BCUT2D eigenvalue weighted by Gasteiger charge is 2.44. The highest BCUT2D eigenvalue weighted by atomic mass is 16.7. The molecule has 0 bridgehead atoms. The van der Waals surface area contributed by atoms with Gasteiger partial charge < -0.3 is 41.0 Å². The molecule has 0 radical (unpaired) electrons. The van der Waals surface area contributed by atoms with E-state index in [0.29, 0.717) is 5.69 Å². The molecule has 1 aliphatic heterocycles. The molecule has 1 aliphatic rings. The predicted molar refractivity (Wildman–Crippen MR) is 78.5 cm³/mol. The molecule has 1 saturated heterocycles. The van der Waals surface area contributed by atoms with Crippen LogP contribution in [0.5, 0.6) is 5.75 Å². The third kappa shape index (κ3) is 4.16. The van der Waals surface area contributed by atoms with E-state index < -0.39 is 37.3 Å². The Hall–Kier alpha value is -1.75. The molecule has 1 fully saturated rings. The first-order valence-corrected chi connectivity index (χ1v) is 7.03. The summed E-state index contributed by atoms with van der Waals surface area (Å²) in [4.78, 5) is 11.3. The van der Waals surface area contributed by atoms with Crippen LogP contribution < -0.4 is 15.8 Å². The maximum atomic E-state index is 11.3. The number of carbonyl (C=O) groups is 1.